The van der Waals surface area contributed by atoms with Crippen LogP contribution in [-0.2, 0) is 23.9 Å². The Labute approximate surface area is 92.8 Å². The van der Waals surface area contributed by atoms with Crippen LogP contribution in [-0.4, -0.2) is 35.7 Å². The van der Waals surface area contributed by atoms with E-state index in [9.17, 15) is 14.4 Å². The quantitative estimate of drug-likeness (QED) is 0.506. The summed E-state index contributed by atoms with van der Waals surface area (Å²) in [5.74, 6) is -3.01. The number of hydrogen-bond donors (Lipinski definition) is 1. The van der Waals surface area contributed by atoms with Gasteiger partial charge in [-0.1, -0.05) is 13.5 Å². The van der Waals surface area contributed by atoms with E-state index in [2.05, 4.69) is 16.1 Å². The van der Waals surface area contributed by atoms with Gasteiger partial charge in [-0.2, -0.15) is 0 Å². The molecule has 0 saturated carbocycles. The summed E-state index contributed by atoms with van der Waals surface area (Å²) < 4.78 is 9.12. The Kier molecular flexibility index (Phi) is 6.58. The molecule has 0 aromatic carbocycles. The van der Waals surface area contributed by atoms with Crippen LogP contribution >= 0.6 is 0 Å². The van der Waals surface area contributed by atoms with Crippen LogP contribution in [0.15, 0.2) is 12.7 Å². The number of hydrogen-bond acceptors (Lipinski definition) is 5. The number of carbonyl (C=O) groups is 3. The van der Waals surface area contributed by atoms with Crippen molar-refractivity contribution in [1.82, 2.24) is 0 Å². The molecule has 1 atom stereocenters. The van der Waals surface area contributed by atoms with Gasteiger partial charge in [-0.25, -0.2) is 9.59 Å². The first-order valence-electron chi connectivity index (χ1n) is 4.72. The molecule has 0 rings (SSSR count). The zero-order chi connectivity index (χ0) is 12.6. The monoisotopic (exact) mass is 230 g/mol. The van der Waals surface area contributed by atoms with Gasteiger partial charge in [0.15, 0.2) is 0 Å². The van der Waals surface area contributed by atoms with Crippen molar-refractivity contribution in [3.8, 4) is 0 Å². The van der Waals surface area contributed by atoms with Crippen molar-refractivity contribution in [3.63, 3.8) is 0 Å². The van der Waals surface area contributed by atoms with Gasteiger partial charge in [0.2, 0.25) is 6.10 Å². The van der Waals surface area contributed by atoms with Crippen LogP contribution in [0.5, 0.6) is 0 Å². The second-order valence-corrected chi connectivity index (χ2v) is 2.89. The van der Waals surface area contributed by atoms with Crippen LogP contribution in [0, 0.1) is 0 Å². The van der Waals surface area contributed by atoms with Gasteiger partial charge in [-0.05, 0) is 6.42 Å². The molecule has 0 fully saturated rings. The average Bonchev–Trinajstić information content (AvgIpc) is 2.24. The Hall–Kier alpha value is -1.85. The average molecular weight is 230 g/mol. The molecule has 0 amide bonds. The normalized spacial score (nSPS) is 11.3. The van der Waals surface area contributed by atoms with Gasteiger partial charge in [0.25, 0.3) is 0 Å². The van der Waals surface area contributed by atoms with E-state index >= 15 is 0 Å². The van der Waals surface area contributed by atoms with Crippen molar-refractivity contribution in [1.29, 1.82) is 0 Å². The Morgan fingerprint density at radius 1 is 1.44 bits per heavy atom. The minimum atomic E-state index is -1.53. The van der Waals surface area contributed by atoms with Gasteiger partial charge in [-0.15, -0.1) is 0 Å². The van der Waals surface area contributed by atoms with E-state index in [1.807, 2.05) is 0 Å². The Morgan fingerprint density at radius 3 is 2.50 bits per heavy atom. The summed E-state index contributed by atoms with van der Waals surface area (Å²) in [5.41, 5.74) is 0. The highest BCUT2D eigenvalue weighted by atomic mass is 16.6. The number of carbonyl (C=O) groups excluding carboxylic acids is 2. The lowest BCUT2D eigenvalue weighted by molar-refractivity contribution is -0.165. The molecule has 0 aliphatic rings. The zero-order valence-corrected chi connectivity index (χ0v) is 8.97. The molecule has 0 bridgehead atoms. The molecule has 1 unspecified atom stereocenters. The van der Waals surface area contributed by atoms with Crippen LogP contribution in [0.3, 0.4) is 0 Å². The minimum absolute atomic E-state index is 0.209. The molecule has 0 spiro atoms. The van der Waals surface area contributed by atoms with Crippen LogP contribution in [0.4, 0.5) is 0 Å². The van der Waals surface area contributed by atoms with E-state index < -0.39 is 30.4 Å². The predicted octanol–water partition coefficient (Wildman–Crippen LogP) is 0.512. The molecule has 16 heavy (non-hydrogen) atoms. The fourth-order valence-corrected chi connectivity index (χ4v) is 0.794. The summed E-state index contributed by atoms with van der Waals surface area (Å²) in [5, 5.41) is 8.67. The molecule has 0 saturated heterocycles. The lowest BCUT2D eigenvalue weighted by atomic mass is 10.2. The number of rotatable bonds is 7. The molecule has 0 aromatic heterocycles. The van der Waals surface area contributed by atoms with E-state index in [0.717, 1.165) is 6.08 Å². The molecule has 0 heterocycles. The molecule has 0 aliphatic carbocycles. The highest BCUT2D eigenvalue weighted by Crippen LogP contribution is 2.02. The standard InChI is InChI=1S/C10H14O6/c1-3-5-15-9(12)6-7(10(13)14)16-8(11)4-2/h4,7H,2-3,5-6H2,1H3,(H,13,14). The first-order chi connectivity index (χ1) is 7.51. The van der Waals surface area contributed by atoms with Crippen molar-refractivity contribution >= 4 is 17.9 Å². The second kappa shape index (κ2) is 7.44. The zero-order valence-electron chi connectivity index (χ0n) is 8.97. The predicted molar refractivity (Wildman–Crippen MR) is 53.6 cm³/mol. The third-order valence-electron chi connectivity index (χ3n) is 1.52. The lowest BCUT2D eigenvalue weighted by Crippen LogP contribution is -2.29. The fraction of sp³-hybridized carbons (Fsp3) is 0.500. The smallest absolute Gasteiger partial charge is 0.345 e. The van der Waals surface area contributed by atoms with Crippen molar-refractivity contribution in [3.05, 3.63) is 12.7 Å². The minimum Gasteiger partial charge on any atom is -0.478 e. The third-order valence-corrected chi connectivity index (χ3v) is 1.52. The summed E-state index contributed by atoms with van der Waals surface area (Å²) in [6.45, 7) is 5.13. The van der Waals surface area contributed by atoms with Crippen LogP contribution in [0.1, 0.15) is 19.8 Å². The molecule has 90 valence electrons. The molecule has 0 aliphatic heterocycles. The highest BCUT2D eigenvalue weighted by molar-refractivity contribution is 5.86. The van der Waals surface area contributed by atoms with E-state index in [1.165, 1.54) is 0 Å². The van der Waals surface area contributed by atoms with Crippen LogP contribution < -0.4 is 0 Å². The molecule has 0 radical (unpaired) electrons. The molecule has 1 N–H and O–H groups in total. The summed E-state index contributed by atoms with van der Waals surface area (Å²) in [6.07, 6.45) is -0.576. The SMILES string of the molecule is C=CC(=O)OC(CC(=O)OCCC)C(=O)O. The molecular formula is C10H14O6. The summed E-state index contributed by atoms with van der Waals surface area (Å²) in [4.78, 5) is 32.5. The molecule has 6 heteroatoms. The number of carboxylic acids is 1. The van der Waals surface area contributed by atoms with E-state index in [0.29, 0.717) is 6.42 Å². The largest absolute Gasteiger partial charge is 0.478 e. The third kappa shape index (κ3) is 5.79. The van der Waals surface area contributed by atoms with Gasteiger partial charge in [0.1, 0.15) is 0 Å². The summed E-state index contributed by atoms with van der Waals surface area (Å²) in [7, 11) is 0. The maximum absolute atomic E-state index is 11.1. The lowest BCUT2D eigenvalue weighted by Gasteiger charge is -2.11. The molecule has 0 aromatic rings. The number of carboxylic acid groups (broad SMARTS) is 1. The van der Waals surface area contributed by atoms with Crippen molar-refractivity contribution in [2.24, 2.45) is 0 Å². The van der Waals surface area contributed by atoms with Gasteiger partial charge in [0, 0.05) is 6.08 Å². The molecular weight excluding hydrogens is 216 g/mol. The Morgan fingerprint density at radius 2 is 2.06 bits per heavy atom. The Bertz CT molecular complexity index is 283. The summed E-state index contributed by atoms with van der Waals surface area (Å²) >= 11 is 0. The van der Waals surface area contributed by atoms with E-state index in [-0.39, 0.29) is 6.61 Å². The highest BCUT2D eigenvalue weighted by Gasteiger charge is 2.25. The van der Waals surface area contributed by atoms with Gasteiger partial charge < -0.3 is 14.6 Å². The Balaban J connectivity index is 4.22. The van der Waals surface area contributed by atoms with Crippen molar-refractivity contribution < 1.29 is 29.0 Å². The number of aliphatic carboxylic acids is 1. The number of ether oxygens (including phenoxy) is 2. The number of esters is 2. The van der Waals surface area contributed by atoms with E-state index in [1.54, 1.807) is 6.92 Å². The van der Waals surface area contributed by atoms with Crippen LogP contribution in [0.25, 0.3) is 0 Å². The fourth-order valence-electron chi connectivity index (χ4n) is 0.794. The van der Waals surface area contributed by atoms with Crippen molar-refractivity contribution in [2.75, 3.05) is 6.61 Å². The molecule has 6 nitrogen and oxygen atoms in total. The van der Waals surface area contributed by atoms with Gasteiger partial charge in [-0.3, -0.25) is 4.79 Å². The first-order valence-corrected chi connectivity index (χ1v) is 4.72. The van der Waals surface area contributed by atoms with E-state index in [4.69, 9.17) is 5.11 Å². The summed E-state index contributed by atoms with van der Waals surface area (Å²) in [6, 6.07) is 0. The van der Waals surface area contributed by atoms with Crippen molar-refractivity contribution in [2.45, 2.75) is 25.9 Å². The van der Waals surface area contributed by atoms with Gasteiger partial charge in [0.05, 0.1) is 13.0 Å². The van der Waals surface area contributed by atoms with Gasteiger partial charge >= 0.3 is 17.9 Å². The maximum atomic E-state index is 11.1. The van der Waals surface area contributed by atoms with Crippen LogP contribution in [0.2, 0.25) is 0 Å². The maximum Gasteiger partial charge on any atom is 0.345 e. The second-order valence-electron chi connectivity index (χ2n) is 2.89. The topological polar surface area (TPSA) is 89.9 Å². The first kappa shape index (κ1) is 14.2.